The van der Waals surface area contributed by atoms with Gasteiger partial charge in [0.05, 0.1) is 0 Å². The van der Waals surface area contributed by atoms with Crippen LogP contribution in [0.25, 0.3) is 0 Å². The third-order valence-corrected chi connectivity index (χ3v) is 3.31. The number of carbonyl (C=O) groups excluding carboxylic acids is 1. The maximum atomic E-state index is 10.9. The van der Waals surface area contributed by atoms with E-state index in [4.69, 9.17) is 0 Å². The number of nitrogens with zero attached hydrogens (tertiary/aromatic N) is 3. The second-order valence-electron chi connectivity index (χ2n) is 3.49. The van der Waals surface area contributed by atoms with Crippen molar-refractivity contribution in [3.63, 3.8) is 0 Å². The van der Waals surface area contributed by atoms with Gasteiger partial charge in [-0.1, -0.05) is 11.6 Å². The quantitative estimate of drug-likeness (QED) is 0.762. The summed E-state index contributed by atoms with van der Waals surface area (Å²) in [5, 5.41) is 8.53. The van der Waals surface area contributed by atoms with Gasteiger partial charge in [0.1, 0.15) is 6.33 Å². The van der Waals surface area contributed by atoms with E-state index in [1.165, 1.54) is 11.8 Å². The van der Waals surface area contributed by atoms with Gasteiger partial charge in [-0.25, -0.2) is 0 Å². The van der Waals surface area contributed by atoms with Crippen LogP contribution in [0, 0.1) is 6.92 Å². The zero-order chi connectivity index (χ0) is 11.5. The standard InChI is InChI=1S/C11H11N3OS/c1-8-3-4-10(9(5-8)6-15)16-11-13-12-7-14(11)2/h3-7H,1-2H3. The van der Waals surface area contributed by atoms with Crippen molar-refractivity contribution in [3.8, 4) is 0 Å². The summed E-state index contributed by atoms with van der Waals surface area (Å²) in [4.78, 5) is 11.8. The smallest absolute Gasteiger partial charge is 0.195 e. The Morgan fingerprint density at radius 2 is 2.25 bits per heavy atom. The zero-order valence-electron chi connectivity index (χ0n) is 9.04. The first-order chi connectivity index (χ1) is 7.70. The molecule has 82 valence electrons. The Bertz CT molecular complexity index is 522. The molecule has 0 aliphatic carbocycles. The van der Waals surface area contributed by atoms with Gasteiger partial charge < -0.3 is 4.57 Å². The molecule has 1 heterocycles. The molecule has 5 heteroatoms. The maximum Gasteiger partial charge on any atom is 0.195 e. The fraction of sp³-hybridized carbons (Fsp3) is 0.182. The molecule has 0 atom stereocenters. The van der Waals surface area contributed by atoms with Crippen LogP contribution in [0.2, 0.25) is 0 Å². The number of aryl methyl sites for hydroxylation is 2. The number of benzene rings is 1. The zero-order valence-corrected chi connectivity index (χ0v) is 9.86. The van der Waals surface area contributed by atoms with Gasteiger partial charge in [-0.2, -0.15) is 0 Å². The van der Waals surface area contributed by atoms with Gasteiger partial charge in [0, 0.05) is 17.5 Å². The van der Waals surface area contributed by atoms with Crippen LogP contribution in [0.15, 0.2) is 34.6 Å². The van der Waals surface area contributed by atoms with Crippen molar-refractivity contribution in [2.24, 2.45) is 7.05 Å². The van der Waals surface area contributed by atoms with Crippen LogP contribution < -0.4 is 0 Å². The van der Waals surface area contributed by atoms with Crippen LogP contribution in [0.3, 0.4) is 0 Å². The molecular weight excluding hydrogens is 222 g/mol. The Hall–Kier alpha value is -1.62. The average Bonchev–Trinajstić information content (AvgIpc) is 2.67. The number of aromatic nitrogens is 3. The lowest BCUT2D eigenvalue weighted by molar-refractivity contribution is 0.112. The van der Waals surface area contributed by atoms with Gasteiger partial charge in [0.15, 0.2) is 11.4 Å². The SMILES string of the molecule is Cc1ccc(Sc2nncn2C)c(C=O)c1. The summed E-state index contributed by atoms with van der Waals surface area (Å²) in [6, 6.07) is 5.77. The van der Waals surface area contributed by atoms with Gasteiger partial charge in [0.2, 0.25) is 0 Å². The van der Waals surface area contributed by atoms with Crippen LogP contribution in [0.4, 0.5) is 0 Å². The molecule has 0 amide bonds. The second kappa shape index (κ2) is 4.49. The van der Waals surface area contributed by atoms with Crippen molar-refractivity contribution in [2.45, 2.75) is 17.0 Å². The molecule has 2 aromatic rings. The molecule has 16 heavy (non-hydrogen) atoms. The highest BCUT2D eigenvalue weighted by atomic mass is 32.2. The highest BCUT2D eigenvalue weighted by Gasteiger charge is 2.07. The van der Waals surface area contributed by atoms with Crippen LogP contribution in [0.5, 0.6) is 0 Å². The first-order valence-corrected chi connectivity index (χ1v) is 5.60. The van der Waals surface area contributed by atoms with E-state index in [1.54, 1.807) is 6.33 Å². The molecule has 0 N–H and O–H groups in total. The Labute approximate surface area is 97.7 Å². The number of rotatable bonds is 3. The Morgan fingerprint density at radius 1 is 1.44 bits per heavy atom. The van der Waals surface area contributed by atoms with Crippen molar-refractivity contribution >= 4 is 18.0 Å². The molecule has 4 nitrogen and oxygen atoms in total. The summed E-state index contributed by atoms with van der Waals surface area (Å²) in [6.07, 6.45) is 2.50. The van der Waals surface area contributed by atoms with E-state index in [0.717, 1.165) is 21.9 Å². The predicted octanol–water partition coefficient (Wildman–Crippen LogP) is 2.09. The lowest BCUT2D eigenvalue weighted by Gasteiger charge is -2.04. The molecule has 0 bridgehead atoms. The highest BCUT2D eigenvalue weighted by molar-refractivity contribution is 7.99. The average molecular weight is 233 g/mol. The molecule has 0 saturated heterocycles. The second-order valence-corrected chi connectivity index (χ2v) is 4.49. The monoisotopic (exact) mass is 233 g/mol. The largest absolute Gasteiger partial charge is 0.311 e. The summed E-state index contributed by atoms with van der Waals surface area (Å²) in [5.74, 6) is 0. The van der Waals surface area contributed by atoms with Gasteiger partial charge >= 0.3 is 0 Å². The minimum atomic E-state index is 0.688. The summed E-state index contributed by atoms with van der Waals surface area (Å²) in [6.45, 7) is 1.96. The van der Waals surface area contributed by atoms with E-state index in [0.29, 0.717) is 5.56 Å². The van der Waals surface area contributed by atoms with Crippen LogP contribution in [-0.4, -0.2) is 21.1 Å². The molecular formula is C11H11N3OS. The molecule has 0 aliphatic rings. The Kier molecular flexibility index (Phi) is 3.05. The third kappa shape index (κ3) is 2.14. The van der Waals surface area contributed by atoms with E-state index < -0.39 is 0 Å². The number of carbonyl (C=O) groups is 1. The van der Waals surface area contributed by atoms with Crippen LogP contribution in [-0.2, 0) is 7.05 Å². The lowest BCUT2D eigenvalue weighted by atomic mass is 10.2. The molecule has 0 aliphatic heterocycles. The molecule has 2 rings (SSSR count). The van der Waals surface area contributed by atoms with Crippen molar-refractivity contribution in [2.75, 3.05) is 0 Å². The van der Waals surface area contributed by atoms with Gasteiger partial charge in [-0.05, 0) is 30.8 Å². The van der Waals surface area contributed by atoms with E-state index in [1.807, 2.05) is 36.7 Å². The van der Waals surface area contributed by atoms with Gasteiger partial charge in [-0.15, -0.1) is 10.2 Å². The summed E-state index contributed by atoms with van der Waals surface area (Å²) in [5.41, 5.74) is 1.76. The Balaban J connectivity index is 2.34. The maximum absolute atomic E-state index is 10.9. The van der Waals surface area contributed by atoms with Gasteiger partial charge in [0.25, 0.3) is 0 Å². The highest BCUT2D eigenvalue weighted by Crippen LogP contribution is 2.28. The first-order valence-electron chi connectivity index (χ1n) is 4.78. The normalized spacial score (nSPS) is 10.4. The van der Waals surface area contributed by atoms with E-state index >= 15 is 0 Å². The minimum Gasteiger partial charge on any atom is -0.311 e. The topological polar surface area (TPSA) is 47.8 Å². The summed E-state index contributed by atoms with van der Waals surface area (Å²) in [7, 11) is 1.87. The number of hydrogen-bond donors (Lipinski definition) is 0. The van der Waals surface area contributed by atoms with E-state index in [2.05, 4.69) is 10.2 Å². The van der Waals surface area contributed by atoms with Crippen molar-refractivity contribution in [3.05, 3.63) is 35.7 Å². The first kappa shape index (κ1) is 10.9. The molecule has 0 unspecified atom stereocenters. The fourth-order valence-corrected chi connectivity index (χ4v) is 2.15. The number of aldehydes is 1. The van der Waals surface area contributed by atoms with E-state index in [-0.39, 0.29) is 0 Å². The van der Waals surface area contributed by atoms with Crippen molar-refractivity contribution < 1.29 is 4.79 Å². The van der Waals surface area contributed by atoms with Gasteiger partial charge in [-0.3, -0.25) is 4.79 Å². The molecule has 0 radical (unpaired) electrons. The minimum absolute atomic E-state index is 0.688. The van der Waals surface area contributed by atoms with Crippen LogP contribution >= 0.6 is 11.8 Å². The van der Waals surface area contributed by atoms with Crippen molar-refractivity contribution in [1.29, 1.82) is 0 Å². The van der Waals surface area contributed by atoms with E-state index in [9.17, 15) is 4.79 Å². The molecule has 0 spiro atoms. The number of hydrogen-bond acceptors (Lipinski definition) is 4. The fourth-order valence-electron chi connectivity index (χ4n) is 1.32. The molecule has 1 aromatic heterocycles. The summed E-state index contributed by atoms with van der Waals surface area (Å²) >= 11 is 1.44. The molecule has 0 saturated carbocycles. The summed E-state index contributed by atoms with van der Waals surface area (Å²) < 4.78 is 1.82. The Morgan fingerprint density at radius 3 is 2.88 bits per heavy atom. The third-order valence-electron chi connectivity index (χ3n) is 2.16. The van der Waals surface area contributed by atoms with Crippen molar-refractivity contribution in [1.82, 2.24) is 14.8 Å². The van der Waals surface area contributed by atoms with Crippen LogP contribution in [0.1, 0.15) is 15.9 Å². The lowest BCUT2D eigenvalue weighted by Crippen LogP contribution is -1.91. The molecule has 0 fully saturated rings. The predicted molar refractivity (Wildman–Crippen MR) is 61.7 cm³/mol. The molecule has 1 aromatic carbocycles.